The van der Waals surface area contributed by atoms with Crippen molar-refractivity contribution < 1.29 is 9.53 Å². The minimum atomic E-state index is -0.0176. The molecule has 20 heavy (non-hydrogen) atoms. The second-order valence-electron chi connectivity index (χ2n) is 4.20. The van der Waals surface area contributed by atoms with Crippen molar-refractivity contribution in [2.45, 2.75) is 13.0 Å². The molecule has 5 nitrogen and oxygen atoms in total. The van der Waals surface area contributed by atoms with Crippen LogP contribution in [0, 0.1) is 0 Å². The molecule has 0 spiro atoms. The fraction of sp³-hybridized carbons (Fsp3) is 0.286. The lowest BCUT2D eigenvalue weighted by molar-refractivity contribution is -0.116. The summed E-state index contributed by atoms with van der Waals surface area (Å²) in [6.45, 7) is 1.09. The van der Waals surface area contributed by atoms with E-state index in [2.05, 4.69) is 15.6 Å². The zero-order valence-electron chi connectivity index (χ0n) is 11.3. The summed E-state index contributed by atoms with van der Waals surface area (Å²) in [5, 5.41) is 7.73. The number of nitrogens with one attached hydrogen (secondary N) is 2. The number of amides is 1. The fourth-order valence-electron chi connectivity index (χ4n) is 1.59. The number of thiazole rings is 1. The second kappa shape index (κ2) is 7.62. The Labute approximate surface area is 122 Å². The SMILES string of the molecule is CNCCC(=O)Nc1cccc(OCc2cscn2)c1. The van der Waals surface area contributed by atoms with Gasteiger partial charge in [0.25, 0.3) is 0 Å². The quantitative estimate of drug-likeness (QED) is 0.821. The van der Waals surface area contributed by atoms with Gasteiger partial charge in [-0.2, -0.15) is 0 Å². The average Bonchev–Trinajstić information content (AvgIpc) is 2.97. The molecule has 0 radical (unpaired) electrons. The number of benzene rings is 1. The van der Waals surface area contributed by atoms with Crippen molar-refractivity contribution in [2.75, 3.05) is 18.9 Å². The third kappa shape index (κ3) is 4.64. The maximum Gasteiger partial charge on any atom is 0.225 e. The van der Waals surface area contributed by atoms with Gasteiger partial charge >= 0.3 is 0 Å². The molecule has 0 aliphatic carbocycles. The largest absolute Gasteiger partial charge is 0.487 e. The Morgan fingerprint density at radius 1 is 1.45 bits per heavy atom. The number of anilines is 1. The second-order valence-corrected chi connectivity index (χ2v) is 4.92. The predicted octanol–water partition coefficient (Wildman–Crippen LogP) is 2.27. The highest BCUT2D eigenvalue weighted by molar-refractivity contribution is 7.07. The van der Waals surface area contributed by atoms with E-state index in [9.17, 15) is 4.79 Å². The van der Waals surface area contributed by atoms with Gasteiger partial charge in [-0.3, -0.25) is 4.79 Å². The molecule has 1 amide bonds. The third-order valence-corrected chi connectivity index (χ3v) is 3.23. The molecule has 0 saturated heterocycles. The van der Waals surface area contributed by atoms with Crippen LogP contribution in [0.3, 0.4) is 0 Å². The minimum absolute atomic E-state index is 0.0176. The van der Waals surface area contributed by atoms with Crippen LogP contribution in [0.2, 0.25) is 0 Å². The molecular weight excluding hydrogens is 274 g/mol. The zero-order chi connectivity index (χ0) is 14.2. The summed E-state index contributed by atoms with van der Waals surface area (Å²) in [4.78, 5) is 15.8. The number of aromatic nitrogens is 1. The van der Waals surface area contributed by atoms with E-state index in [1.54, 1.807) is 5.51 Å². The lowest BCUT2D eigenvalue weighted by atomic mass is 10.3. The minimum Gasteiger partial charge on any atom is -0.487 e. The number of rotatable bonds is 7. The smallest absolute Gasteiger partial charge is 0.225 e. The molecule has 1 aromatic heterocycles. The molecule has 2 aromatic rings. The molecule has 0 bridgehead atoms. The summed E-state index contributed by atoms with van der Waals surface area (Å²) in [7, 11) is 1.82. The number of nitrogens with zero attached hydrogens (tertiary/aromatic N) is 1. The number of ether oxygens (including phenoxy) is 1. The standard InChI is InChI=1S/C14H17N3O2S/c1-15-6-5-14(18)17-11-3-2-4-13(7-11)19-8-12-9-20-10-16-12/h2-4,7,9-10,15H,5-6,8H2,1H3,(H,17,18). The highest BCUT2D eigenvalue weighted by Crippen LogP contribution is 2.18. The lowest BCUT2D eigenvalue weighted by Crippen LogP contribution is -2.18. The number of hydrogen-bond acceptors (Lipinski definition) is 5. The van der Waals surface area contributed by atoms with Gasteiger partial charge in [-0.25, -0.2) is 4.98 Å². The molecule has 0 atom stereocenters. The normalized spacial score (nSPS) is 10.2. The van der Waals surface area contributed by atoms with Crippen LogP contribution < -0.4 is 15.4 Å². The Balaban J connectivity index is 1.88. The molecular formula is C14H17N3O2S. The summed E-state index contributed by atoms with van der Waals surface area (Å²) in [5.74, 6) is 0.695. The molecule has 2 rings (SSSR count). The fourth-order valence-corrected chi connectivity index (χ4v) is 2.13. The Hall–Kier alpha value is -1.92. The van der Waals surface area contributed by atoms with Crippen LogP contribution in [0.1, 0.15) is 12.1 Å². The van der Waals surface area contributed by atoms with Crippen molar-refractivity contribution in [3.05, 3.63) is 40.8 Å². The monoisotopic (exact) mass is 291 g/mol. The summed E-state index contributed by atoms with van der Waals surface area (Å²) >= 11 is 1.54. The van der Waals surface area contributed by atoms with Crippen LogP contribution in [-0.2, 0) is 11.4 Å². The summed E-state index contributed by atoms with van der Waals surface area (Å²) in [6, 6.07) is 7.36. The topological polar surface area (TPSA) is 63.2 Å². The van der Waals surface area contributed by atoms with Crippen molar-refractivity contribution in [3.8, 4) is 5.75 Å². The summed E-state index contributed by atoms with van der Waals surface area (Å²) in [6.07, 6.45) is 0.445. The predicted molar refractivity (Wildman–Crippen MR) is 80.1 cm³/mol. The van der Waals surface area contributed by atoms with Gasteiger partial charge in [0.05, 0.1) is 11.2 Å². The molecule has 0 saturated carbocycles. The third-order valence-electron chi connectivity index (χ3n) is 2.59. The molecule has 0 fully saturated rings. The first kappa shape index (κ1) is 14.5. The van der Waals surface area contributed by atoms with Crippen molar-refractivity contribution in [2.24, 2.45) is 0 Å². The zero-order valence-corrected chi connectivity index (χ0v) is 12.1. The van der Waals surface area contributed by atoms with E-state index in [1.807, 2.05) is 36.7 Å². The van der Waals surface area contributed by atoms with Gasteiger partial charge in [0.15, 0.2) is 0 Å². The number of carbonyl (C=O) groups excluding carboxylic acids is 1. The van der Waals surface area contributed by atoms with E-state index in [0.717, 1.165) is 11.4 Å². The first-order chi connectivity index (χ1) is 9.78. The maximum atomic E-state index is 11.6. The Morgan fingerprint density at radius 2 is 2.35 bits per heavy atom. The highest BCUT2D eigenvalue weighted by atomic mass is 32.1. The van der Waals surface area contributed by atoms with Gasteiger partial charge in [0, 0.05) is 30.1 Å². The number of carbonyl (C=O) groups is 1. The average molecular weight is 291 g/mol. The van der Waals surface area contributed by atoms with Crippen molar-refractivity contribution in [1.82, 2.24) is 10.3 Å². The van der Waals surface area contributed by atoms with E-state index in [1.165, 1.54) is 11.3 Å². The first-order valence-electron chi connectivity index (χ1n) is 6.32. The molecule has 0 unspecified atom stereocenters. The molecule has 2 N–H and O–H groups in total. The van der Waals surface area contributed by atoms with Crippen LogP contribution in [0.25, 0.3) is 0 Å². The Morgan fingerprint density at radius 3 is 3.10 bits per heavy atom. The van der Waals surface area contributed by atoms with Gasteiger partial charge < -0.3 is 15.4 Å². The van der Waals surface area contributed by atoms with Crippen LogP contribution in [-0.4, -0.2) is 24.5 Å². The van der Waals surface area contributed by atoms with Crippen molar-refractivity contribution in [1.29, 1.82) is 0 Å². The molecule has 1 aromatic carbocycles. The first-order valence-corrected chi connectivity index (χ1v) is 7.26. The molecule has 6 heteroatoms. The number of hydrogen-bond donors (Lipinski definition) is 2. The van der Waals surface area contributed by atoms with Gasteiger partial charge in [0.2, 0.25) is 5.91 Å². The van der Waals surface area contributed by atoms with Crippen LogP contribution in [0.5, 0.6) is 5.75 Å². The molecule has 0 aliphatic rings. The summed E-state index contributed by atoms with van der Waals surface area (Å²) in [5.41, 5.74) is 3.41. The van der Waals surface area contributed by atoms with E-state index < -0.39 is 0 Å². The van der Waals surface area contributed by atoms with E-state index in [-0.39, 0.29) is 5.91 Å². The van der Waals surface area contributed by atoms with E-state index >= 15 is 0 Å². The van der Waals surface area contributed by atoms with E-state index in [0.29, 0.717) is 25.3 Å². The van der Waals surface area contributed by atoms with Gasteiger partial charge in [-0.1, -0.05) is 6.07 Å². The van der Waals surface area contributed by atoms with Gasteiger partial charge in [-0.15, -0.1) is 11.3 Å². The van der Waals surface area contributed by atoms with E-state index in [4.69, 9.17) is 4.74 Å². The van der Waals surface area contributed by atoms with Gasteiger partial charge in [-0.05, 0) is 19.2 Å². The Bertz CT molecular complexity index is 543. The van der Waals surface area contributed by atoms with Crippen LogP contribution in [0.15, 0.2) is 35.2 Å². The maximum absolute atomic E-state index is 11.6. The lowest BCUT2D eigenvalue weighted by Gasteiger charge is -2.08. The van der Waals surface area contributed by atoms with Crippen LogP contribution >= 0.6 is 11.3 Å². The Kier molecular flexibility index (Phi) is 5.52. The highest BCUT2D eigenvalue weighted by Gasteiger charge is 2.03. The van der Waals surface area contributed by atoms with Crippen molar-refractivity contribution in [3.63, 3.8) is 0 Å². The molecule has 0 aliphatic heterocycles. The van der Waals surface area contributed by atoms with Crippen LogP contribution in [0.4, 0.5) is 5.69 Å². The van der Waals surface area contributed by atoms with Gasteiger partial charge in [0.1, 0.15) is 12.4 Å². The van der Waals surface area contributed by atoms with Crippen molar-refractivity contribution >= 4 is 22.9 Å². The summed E-state index contributed by atoms with van der Waals surface area (Å²) < 4.78 is 5.63. The molecule has 106 valence electrons. The molecule has 1 heterocycles.